The normalized spacial score (nSPS) is 13.3. The third-order valence-electron chi connectivity index (χ3n) is 3.57. The number of hydrogen-bond donors (Lipinski definition) is 1. The number of amidine groups is 1. The molecule has 0 radical (unpaired) electrons. The van der Waals surface area contributed by atoms with Gasteiger partial charge in [-0.2, -0.15) is 0 Å². The van der Waals surface area contributed by atoms with E-state index in [0.29, 0.717) is 11.4 Å². The Bertz CT molecular complexity index is 746. The van der Waals surface area contributed by atoms with Gasteiger partial charge in [0.2, 0.25) is 0 Å². The molecule has 6 heteroatoms. The number of nitrogens with zero attached hydrogens (tertiary/aromatic N) is 2. The van der Waals surface area contributed by atoms with Gasteiger partial charge in [0.25, 0.3) is 0 Å². The van der Waals surface area contributed by atoms with Crippen LogP contribution in [0.5, 0.6) is 5.75 Å². The van der Waals surface area contributed by atoms with Crippen molar-refractivity contribution in [3.05, 3.63) is 58.5 Å². The Morgan fingerprint density at radius 2 is 2.17 bits per heavy atom. The SMILES string of the molecule is COc1ccc(N=O)cc1CSc1ccccc1C1=NCCN1. The molecule has 3 rings (SSSR count). The number of ether oxygens (including phenoxy) is 1. The minimum absolute atomic E-state index is 0.413. The summed E-state index contributed by atoms with van der Waals surface area (Å²) in [6.07, 6.45) is 0. The molecular weight excluding hydrogens is 310 g/mol. The molecule has 0 spiro atoms. The highest BCUT2D eigenvalue weighted by atomic mass is 32.2. The van der Waals surface area contributed by atoms with Gasteiger partial charge in [0.05, 0.1) is 13.7 Å². The lowest BCUT2D eigenvalue weighted by molar-refractivity contribution is 0.411. The smallest absolute Gasteiger partial charge is 0.129 e. The van der Waals surface area contributed by atoms with E-state index in [9.17, 15) is 4.91 Å². The van der Waals surface area contributed by atoms with Crippen molar-refractivity contribution in [1.29, 1.82) is 0 Å². The Hall–Kier alpha value is -2.34. The largest absolute Gasteiger partial charge is 0.496 e. The van der Waals surface area contributed by atoms with Crippen LogP contribution in [0.3, 0.4) is 0 Å². The van der Waals surface area contributed by atoms with E-state index in [0.717, 1.165) is 40.7 Å². The molecule has 5 nitrogen and oxygen atoms in total. The summed E-state index contributed by atoms with van der Waals surface area (Å²) in [4.78, 5) is 16.4. The third-order valence-corrected chi connectivity index (χ3v) is 4.69. The number of nitroso groups, excluding NO2 is 1. The molecule has 2 aromatic rings. The molecule has 0 saturated heterocycles. The maximum atomic E-state index is 10.7. The Morgan fingerprint density at radius 3 is 2.91 bits per heavy atom. The van der Waals surface area contributed by atoms with Gasteiger partial charge in [0.15, 0.2) is 0 Å². The first-order valence-corrected chi connectivity index (χ1v) is 8.31. The molecule has 0 unspecified atom stereocenters. The Balaban J connectivity index is 1.83. The summed E-state index contributed by atoms with van der Waals surface area (Å²) >= 11 is 1.69. The van der Waals surface area contributed by atoms with E-state index in [1.165, 1.54) is 0 Å². The molecular formula is C17H17N3O2S. The maximum Gasteiger partial charge on any atom is 0.129 e. The molecule has 1 aliphatic rings. The fourth-order valence-corrected chi connectivity index (χ4v) is 3.49. The quantitative estimate of drug-likeness (QED) is 0.648. The molecule has 1 N–H and O–H groups in total. The summed E-state index contributed by atoms with van der Waals surface area (Å²) in [5, 5.41) is 6.31. The molecule has 0 atom stereocenters. The minimum atomic E-state index is 0.413. The maximum absolute atomic E-state index is 10.7. The summed E-state index contributed by atoms with van der Waals surface area (Å²) < 4.78 is 5.37. The van der Waals surface area contributed by atoms with Gasteiger partial charge < -0.3 is 10.1 Å². The fraction of sp³-hybridized carbons (Fsp3) is 0.235. The molecule has 118 valence electrons. The van der Waals surface area contributed by atoms with Crippen LogP contribution in [0.4, 0.5) is 5.69 Å². The van der Waals surface area contributed by atoms with Crippen LogP contribution in [0.1, 0.15) is 11.1 Å². The highest BCUT2D eigenvalue weighted by molar-refractivity contribution is 7.98. The zero-order valence-electron chi connectivity index (χ0n) is 12.8. The van der Waals surface area contributed by atoms with Gasteiger partial charge in [-0.15, -0.1) is 16.7 Å². The van der Waals surface area contributed by atoms with Crippen molar-refractivity contribution in [3.8, 4) is 5.75 Å². The van der Waals surface area contributed by atoms with Gasteiger partial charge in [0, 0.05) is 28.3 Å². The molecule has 0 aliphatic carbocycles. The van der Waals surface area contributed by atoms with Crippen molar-refractivity contribution in [2.75, 3.05) is 20.2 Å². The summed E-state index contributed by atoms with van der Waals surface area (Å²) in [7, 11) is 1.63. The molecule has 2 aromatic carbocycles. The van der Waals surface area contributed by atoms with Gasteiger partial charge in [-0.3, -0.25) is 4.99 Å². The zero-order chi connectivity index (χ0) is 16.1. The van der Waals surface area contributed by atoms with Crippen LogP contribution in [-0.2, 0) is 5.75 Å². The lowest BCUT2D eigenvalue weighted by Crippen LogP contribution is -2.20. The first-order chi connectivity index (χ1) is 11.3. The van der Waals surface area contributed by atoms with E-state index < -0.39 is 0 Å². The first-order valence-electron chi connectivity index (χ1n) is 7.32. The zero-order valence-corrected chi connectivity index (χ0v) is 13.6. The number of aliphatic imine (C=N–C) groups is 1. The van der Waals surface area contributed by atoms with Crippen LogP contribution in [0.15, 0.2) is 57.5 Å². The van der Waals surface area contributed by atoms with Gasteiger partial charge in [0.1, 0.15) is 17.3 Å². The monoisotopic (exact) mass is 327 g/mol. The molecule has 0 fully saturated rings. The second kappa shape index (κ2) is 7.28. The average molecular weight is 327 g/mol. The second-order valence-electron chi connectivity index (χ2n) is 5.03. The molecule has 1 heterocycles. The predicted octanol–water partition coefficient (Wildman–Crippen LogP) is 3.74. The molecule has 0 amide bonds. The van der Waals surface area contributed by atoms with Crippen LogP contribution in [0.25, 0.3) is 0 Å². The molecule has 23 heavy (non-hydrogen) atoms. The second-order valence-corrected chi connectivity index (χ2v) is 6.05. The van der Waals surface area contributed by atoms with E-state index in [2.05, 4.69) is 27.6 Å². The van der Waals surface area contributed by atoms with Crippen molar-refractivity contribution < 1.29 is 4.74 Å². The van der Waals surface area contributed by atoms with Gasteiger partial charge in [-0.05, 0) is 29.4 Å². The van der Waals surface area contributed by atoms with E-state index in [-0.39, 0.29) is 0 Å². The van der Waals surface area contributed by atoms with Crippen LogP contribution in [0.2, 0.25) is 0 Å². The average Bonchev–Trinajstić information content (AvgIpc) is 3.14. The van der Waals surface area contributed by atoms with Crippen LogP contribution < -0.4 is 10.1 Å². The van der Waals surface area contributed by atoms with E-state index in [1.807, 2.05) is 12.1 Å². The standard InChI is InChI=1S/C17H17N3O2S/c1-22-15-7-6-13(20-21)10-12(15)11-23-16-5-3-2-4-14(16)17-18-8-9-19-17/h2-7,10H,8-9,11H2,1H3,(H,18,19). The summed E-state index contributed by atoms with van der Waals surface area (Å²) in [6, 6.07) is 13.4. The van der Waals surface area contributed by atoms with Gasteiger partial charge in [-0.1, -0.05) is 18.2 Å². The Morgan fingerprint density at radius 1 is 1.30 bits per heavy atom. The lowest BCUT2D eigenvalue weighted by atomic mass is 10.2. The topological polar surface area (TPSA) is 63.0 Å². The number of benzene rings is 2. The van der Waals surface area contributed by atoms with Crippen LogP contribution >= 0.6 is 11.8 Å². The lowest BCUT2D eigenvalue weighted by Gasteiger charge is -2.11. The number of methoxy groups -OCH3 is 1. The van der Waals surface area contributed by atoms with Crippen molar-refractivity contribution in [2.45, 2.75) is 10.6 Å². The Kier molecular flexibility index (Phi) is 4.92. The highest BCUT2D eigenvalue weighted by Gasteiger charge is 2.13. The third kappa shape index (κ3) is 3.53. The molecule has 0 saturated carbocycles. The van der Waals surface area contributed by atoms with Crippen LogP contribution in [-0.4, -0.2) is 26.0 Å². The predicted molar refractivity (Wildman–Crippen MR) is 93.9 cm³/mol. The minimum Gasteiger partial charge on any atom is -0.496 e. The number of rotatable bonds is 6. The first kappa shape index (κ1) is 15.6. The number of thioether (sulfide) groups is 1. The van der Waals surface area contributed by atoms with E-state index >= 15 is 0 Å². The van der Waals surface area contributed by atoms with Crippen molar-refractivity contribution in [3.63, 3.8) is 0 Å². The summed E-state index contributed by atoms with van der Waals surface area (Å²) in [6.45, 7) is 1.70. The summed E-state index contributed by atoms with van der Waals surface area (Å²) in [5.74, 6) is 2.40. The molecule has 1 aliphatic heterocycles. The van der Waals surface area contributed by atoms with E-state index in [1.54, 1.807) is 37.1 Å². The fourth-order valence-electron chi connectivity index (χ4n) is 2.46. The van der Waals surface area contributed by atoms with Gasteiger partial charge >= 0.3 is 0 Å². The van der Waals surface area contributed by atoms with E-state index in [4.69, 9.17) is 4.74 Å². The van der Waals surface area contributed by atoms with Crippen molar-refractivity contribution in [2.24, 2.45) is 10.2 Å². The van der Waals surface area contributed by atoms with Crippen molar-refractivity contribution >= 4 is 23.3 Å². The Labute approximate surface area is 139 Å². The van der Waals surface area contributed by atoms with Crippen molar-refractivity contribution in [1.82, 2.24) is 5.32 Å². The van der Waals surface area contributed by atoms with Crippen LogP contribution in [0, 0.1) is 4.91 Å². The molecule has 0 aromatic heterocycles. The van der Waals surface area contributed by atoms with Gasteiger partial charge in [-0.25, -0.2) is 0 Å². The number of hydrogen-bond acceptors (Lipinski definition) is 6. The number of nitrogens with one attached hydrogen (secondary N) is 1. The highest BCUT2D eigenvalue weighted by Crippen LogP contribution is 2.32. The summed E-state index contributed by atoms with van der Waals surface area (Å²) in [5.41, 5.74) is 2.47. The molecule has 0 bridgehead atoms.